The van der Waals surface area contributed by atoms with E-state index in [4.69, 9.17) is 0 Å². The van der Waals surface area contributed by atoms with E-state index in [1.165, 1.54) is 0 Å². The first-order chi connectivity index (χ1) is 8.57. The maximum absolute atomic E-state index is 12.4. The highest BCUT2D eigenvalue weighted by molar-refractivity contribution is 7.17. The van der Waals surface area contributed by atoms with Gasteiger partial charge in [0.05, 0.1) is 11.2 Å². The molecular weight excluding hydrogens is 246 g/mol. The Kier molecular flexibility index (Phi) is 2.64. The summed E-state index contributed by atoms with van der Waals surface area (Å²) in [7, 11) is 0. The molecule has 18 heavy (non-hydrogen) atoms. The van der Waals surface area contributed by atoms with Gasteiger partial charge in [0.2, 0.25) is 0 Å². The molecule has 2 aromatic rings. The van der Waals surface area contributed by atoms with E-state index in [1.807, 2.05) is 29.6 Å². The largest absolute Gasteiger partial charge is 0.388 e. The summed E-state index contributed by atoms with van der Waals surface area (Å²) >= 11 is 1.59. The first-order valence-corrected chi connectivity index (χ1v) is 6.93. The van der Waals surface area contributed by atoms with E-state index in [2.05, 4.69) is 0 Å². The first-order valence-electron chi connectivity index (χ1n) is 6.05. The molecule has 1 amide bonds. The minimum Gasteiger partial charge on any atom is -0.388 e. The van der Waals surface area contributed by atoms with Crippen LogP contribution in [0.5, 0.6) is 0 Å². The van der Waals surface area contributed by atoms with E-state index in [0.29, 0.717) is 19.5 Å². The number of benzene rings is 1. The van der Waals surface area contributed by atoms with Crippen LogP contribution in [-0.2, 0) is 0 Å². The van der Waals surface area contributed by atoms with Crippen LogP contribution in [0.15, 0.2) is 29.6 Å². The Hall–Kier alpha value is -1.39. The Balaban J connectivity index is 1.93. The summed E-state index contributed by atoms with van der Waals surface area (Å²) in [4.78, 5) is 14.2. The molecule has 1 aliphatic heterocycles. The fraction of sp³-hybridized carbons (Fsp3) is 0.357. The third-order valence-corrected chi connectivity index (χ3v) is 4.41. The normalized spacial score (nSPS) is 23.8. The number of carbonyl (C=O) groups is 1. The molecule has 0 bridgehead atoms. The summed E-state index contributed by atoms with van der Waals surface area (Å²) in [5, 5.41) is 12.9. The maximum atomic E-state index is 12.4. The minimum atomic E-state index is -0.735. The summed E-state index contributed by atoms with van der Waals surface area (Å²) in [6.45, 7) is 2.85. The van der Waals surface area contributed by atoms with Gasteiger partial charge in [-0.1, -0.05) is 18.2 Å². The highest BCUT2D eigenvalue weighted by atomic mass is 32.1. The molecule has 2 heterocycles. The van der Waals surface area contributed by atoms with Gasteiger partial charge in [-0.05, 0) is 19.4 Å². The molecule has 1 saturated heterocycles. The molecule has 1 aliphatic rings. The molecule has 1 N–H and O–H groups in total. The molecule has 0 spiro atoms. The van der Waals surface area contributed by atoms with Gasteiger partial charge in [0.1, 0.15) is 0 Å². The molecule has 1 atom stereocenters. The molecule has 0 aliphatic carbocycles. The van der Waals surface area contributed by atoms with Gasteiger partial charge in [-0.2, -0.15) is 0 Å². The molecule has 1 aromatic heterocycles. The van der Waals surface area contributed by atoms with Crippen LogP contribution in [0.2, 0.25) is 0 Å². The standard InChI is InChI=1S/C14H15NO2S/c1-14(17)6-7-15(9-14)13(16)11-8-18-12-5-3-2-4-10(11)12/h2-5,8,17H,6-7,9H2,1H3. The smallest absolute Gasteiger partial charge is 0.255 e. The lowest BCUT2D eigenvalue weighted by Gasteiger charge is -2.18. The fourth-order valence-corrected chi connectivity index (χ4v) is 3.37. The highest BCUT2D eigenvalue weighted by Gasteiger charge is 2.34. The van der Waals surface area contributed by atoms with E-state index in [-0.39, 0.29) is 5.91 Å². The summed E-state index contributed by atoms with van der Waals surface area (Å²) in [6, 6.07) is 7.93. The van der Waals surface area contributed by atoms with Gasteiger partial charge >= 0.3 is 0 Å². The van der Waals surface area contributed by atoms with E-state index in [0.717, 1.165) is 15.6 Å². The Morgan fingerprint density at radius 3 is 2.94 bits per heavy atom. The predicted molar refractivity (Wildman–Crippen MR) is 73.0 cm³/mol. The van der Waals surface area contributed by atoms with E-state index in [1.54, 1.807) is 23.2 Å². The Morgan fingerprint density at radius 2 is 2.22 bits per heavy atom. The summed E-state index contributed by atoms with van der Waals surface area (Å²) in [5.74, 6) is 0.0326. The van der Waals surface area contributed by atoms with Crippen molar-refractivity contribution in [3.05, 3.63) is 35.2 Å². The van der Waals surface area contributed by atoms with Crippen LogP contribution in [0.1, 0.15) is 23.7 Å². The number of hydrogen-bond acceptors (Lipinski definition) is 3. The van der Waals surface area contributed by atoms with Crippen molar-refractivity contribution in [1.82, 2.24) is 4.90 Å². The number of hydrogen-bond donors (Lipinski definition) is 1. The minimum absolute atomic E-state index is 0.0326. The van der Waals surface area contributed by atoms with Gasteiger partial charge in [-0.3, -0.25) is 4.79 Å². The average molecular weight is 261 g/mol. The monoisotopic (exact) mass is 261 g/mol. The van der Waals surface area contributed by atoms with Crippen LogP contribution < -0.4 is 0 Å². The van der Waals surface area contributed by atoms with Crippen LogP contribution in [0.4, 0.5) is 0 Å². The van der Waals surface area contributed by atoms with Crippen molar-refractivity contribution in [3.8, 4) is 0 Å². The molecule has 1 unspecified atom stereocenters. The molecule has 94 valence electrons. The van der Waals surface area contributed by atoms with Crippen molar-refractivity contribution in [3.63, 3.8) is 0 Å². The van der Waals surface area contributed by atoms with Gasteiger partial charge in [-0.15, -0.1) is 11.3 Å². The van der Waals surface area contributed by atoms with Crippen molar-refractivity contribution in [2.24, 2.45) is 0 Å². The maximum Gasteiger partial charge on any atom is 0.255 e. The summed E-state index contributed by atoms with van der Waals surface area (Å²) in [6.07, 6.45) is 0.654. The number of β-amino-alcohol motifs (C(OH)–C–C–N with tert-alkyl or cyclic N) is 1. The van der Waals surface area contributed by atoms with Crippen LogP contribution in [0.3, 0.4) is 0 Å². The number of rotatable bonds is 1. The number of fused-ring (bicyclic) bond motifs is 1. The number of nitrogens with zero attached hydrogens (tertiary/aromatic N) is 1. The topological polar surface area (TPSA) is 40.5 Å². The Bertz CT molecular complexity index is 603. The number of amides is 1. The second-order valence-electron chi connectivity index (χ2n) is 5.12. The van der Waals surface area contributed by atoms with E-state index < -0.39 is 5.60 Å². The molecule has 1 fully saturated rings. The van der Waals surface area contributed by atoms with Crippen molar-refractivity contribution >= 4 is 27.3 Å². The predicted octanol–water partition coefficient (Wildman–Crippen LogP) is 2.50. The van der Waals surface area contributed by atoms with Gasteiger partial charge in [0, 0.05) is 28.6 Å². The number of thiophene rings is 1. The van der Waals surface area contributed by atoms with Crippen molar-refractivity contribution in [2.45, 2.75) is 18.9 Å². The fourth-order valence-electron chi connectivity index (χ4n) is 2.43. The lowest BCUT2D eigenvalue weighted by atomic mass is 10.1. The molecule has 1 aromatic carbocycles. The average Bonchev–Trinajstić information content (AvgIpc) is 2.91. The zero-order valence-corrected chi connectivity index (χ0v) is 11.0. The lowest BCUT2D eigenvalue weighted by molar-refractivity contribution is 0.0573. The van der Waals surface area contributed by atoms with E-state index >= 15 is 0 Å². The molecule has 0 radical (unpaired) electrons. The second kappa shape index (κ2) is 4.07. The second-order valence-corrected chi connectivity index (χ2v) is 6.03. The van der Waals surface area contributed by atoms with Gasteiger partial charge in [-0.25, -0.2) is 0 Å². The van der Waals surface area contributed by atoms with Crippen LogP contribution in [0.25, 0.3) is 10.1 Å². The first kappa shape index (κ1) is 11.7. The molecule has 3 rings (SSSR count). The zero-order valence-electron chi connectivity index (χ0n) is 10.2. The van der Waals surface area contributed by atoms with Gasteiger partial charge in [0.25, 0.3) is 5.91 Å². The molecule has 3 nitrogen and oxygen atoms in total. The molecule has 4 heteroatoms. The van der Waals surface area contributed by atoms with Crippen molar-refractivity contribution in [1.29, 1.82) is 0 Å². The van der Waals surface area contributed by atoms with Gasteiger partial charge < -0.3 is 10.0 Å². The summed E-state index contributed by atoms with van der Waals surface area (Å²) < 4.78 is 1.13. The SMILES string of the molecule is CC1(O)CCN(C(=O)c2csc3ccccc23)C1. The van der Waals surface area contributed by atoms with Crippen LogP contribution in [0, 0.1) is 0 Å². The van der Waals surface area contributed by atoms with Crippen LogP contribution in [-0.4, -0.2) is 34.6 Å². The molecule has 0 saturated carbocycles. The number of likely N-dealkylation sites (tertiary alicyclic amines) is 1. The zero-order chi connectivity index (χ0) is 12.8. The number of aliphatic hydroxyl groups is 1. The molecular formula is C14H15NO2S. The third kappa shape index (κ3) is 1.91. The van der Waals surface area contributed by atoms with Crippen LogP contribution >= 0.6 is 11.3 Å². The van der Waals surface area contributed by atoms with E-state index in [9.17, 15) is 9.90 Å². The summed E-state index contributed by atoms with van der Waals surface area (Å²) in [5.41, 5.74) is 0.0230. The Morgan fingerprint density at radius 1 is 1.44 bits per heavy atom. The Labute approximate surface area is 110 Å². The third-order valence-electron chi connectivity index (χ3n) is 3.45. The number of carbonyl (C=O) groups excluding carboxylic acids is 1. The van der Waals surface area contributed by atoms with Crippen molar-refractivity contribution < 1.29 is 9.90 Å². The van der Waals surface area contributed by atoms with Gasteiger partial charge in [0.15, 0.2) is 0 Å². The quantitative estimate of drug-likeness (QED) is 0.857. The highest BCUT2D eigenvalue weighted by Crippen LogP contribution is 2.29. The lowest BCUT2D eigenvalue weighted by Crippen LogP contribution is -2.33. The van der Waals surface area contributed by atoms with Crippen molar-refractivity contribution in [2.75, 3.05) is 13.1 Å².